The van der Waals surface area contributed by atoms with Crippen LogP contribution in [0.4, 0.5) is 0 Å². The minimum atomic E-state index is -2.44. The molecule has 1 aliphatic heterocycles. The Morgan fingerprint density at radius 1 is 0.971 bits per heavy atom. The highest BCUT2D eigenvalue weighted by atomic mass is 28.4. The maximum Gasteiger partial charge on any atom is 0.261 e. The van der Waals surface area contributed by atoms with E-state index in [4.69, 9.17) is 13.9 Å². The molecule has 35 heavy (non-hydrogen) atoms. The quantitative estimate of drug-likeness (QED) is 0.223. The van der Waals surface area contributed by atoms with Crippen LogP contribution < -0.4 is 10.4 Å². The van der Waals surface area contributed by atoms with E-state index in [1.807, 2.05) is 0 Å². The number of ether oxygens (including phenoxy) is 2. The normalized spacial score (nSPS) is 18.1. The van der Waals surface area contributed by atoms with Crippen LogP contribution in [0.5, 0.6) is 0 Å². The second-order valence-electron chi connectivity index (χ2n) is 10.5. The summed E-state index contributed by atoms with van der Waals surface area (Å²) in [6, 6.07) is 21.6. The summed E-state index contributed by atoms with van der Waals surface area (Å²) in [5.74, 6) is 0. The van der Waals surface area contributed by atoms with Crippen molar-refractivity contribution in [2.75, 3.05) is 19.8 Å². The SMILES string of the molecule is CC(C)(C)[Si](OCCCC/C=C\C[C@H](O)COC1CCCCO1)(c1ccccc1)c1ccccc1. The molecule has 0 bridgehead atoms. The van der Waals surface area contributed by atoms with Crippen LogP contribution in [0.15, 0.2) is 72.8 Å². The second-order valence-corrected chi connectivity index (χ2v) is 14.8. The van der Waals surface area contributed by atoms with Gasteiger partial charge in [0.1, 0.15) is 0 Å². The molecule has 1 N–H and O–H groups in total. The number of benzene rings is 2. The highest BCUT2D eigenvalue weighted by molar-refractivity contribution is 6.99. The van der Waals surface area contributed by atoms with Crippen LogP contribution in [0, 0.1) is 0 Å². The molecule has 3 rings (SSSR count). The Labute approximate surface area is 213 Å². The Morgan fingerprint density at radius 3 is 2.20 bits per heavy atom. The molecule has 192 valence electrons. The number of hydrogen-bond acceptors (Lipinski definition) is 4. The van der Waals surface area contributed by atoms with Gasteiger partial charge in [-0.3, -0.25) is 0 Å². The van der Waals surface area contributed by atoms with E-state index in [1.54, 1.807) is 0 Å². The summed E-state index contributed by atoms with van der Waals surface area (Å²) >= 11 is 0. The topological polar surface area (TPSA) is 47.9 Å². The minimum absolute atomic E-state index is 0.0104. The molecule has 1 unspecified atom stereocenters. The Morgan fingerprint density at radius 2 is 1.63 bits per heavy atom. The summed E-state index contributed by atoms with van der Waals surface area (Å²) < 4.78 is 18.2. The van der Waals surface area contributed by atoms with E-state index in [9.17, 15) is 5.11 Å². The molecule has 0 saturated carbocycles. The van der Waals surface area contributed by atoms with Crippen molar-refractivity contribution in [1.82, 2.24) is 0 Å². The van der Waals surface area contributed by atoms with Crippen LogP contribution in [0.3, 0.4) is 0 Å². The first-order valence-corrected chi connectivity index (χ1v) is 15.2. The van der Waals surface area contributed by atoms with Crippen LogP contribution in [0.1, 0.15) is 65.7 Å². The van der Waals surface area contributed by atoms with Gasteiger partial charge in [-0.05, 0) is 60.4 Å². The summed E-state index contributed by atoms with van der Waals surface area (Å²) in [6.07, 6.45) is 10.5. The van der Waals surface area contributed by atoms with Gasteiger partial charge in [-0.2, -0.15) is 0 Å². The van der Waals surface area contributed by atoms with Crippen LogP contribution in [0.25, 0.3) is 0 Å². The number of unbranched alkanes of at least 4 members (excludes halogenated alkanes) is 2. The Hall–Kier alpha value is -1.76. The van der Waals surface area contributed by atoms with Crippen molar-refractivity contribution in [3.63, 3.8) is 0 Å². The molecular weight excluding hydrogens is 452 g/mol. The zero-order valence-corrected chi connectivity index (χ0v) is 22.8. The molecule has 2 aromatic rings. The first kappa shape index (κ1) is 27.8. The lowest BCUT2D eigenvalue weighted by Gasteiger charge is -2.43. The van der Waals surface area contributed by atoms with Crippen LogP contribution in [-0.2, 0) is 13.9 Å². The second kappa shape index (κ2) is 14.1. The fourth-order valence-electron chi connectivity index (χ4n) is 4.85. The van der Waals surface area contributed by atoms with E-state index in [1.165, 1.54) is 10.4 Å². The fraction of sp³-hybridized carbons (Fsp3) is 0.533. The smallest absolute Gasteiger partial charge is 0.261 e. The zero-order chi connectivity index (χ0) is 25.0. The van der Waals surface area contributed by atoms with Crippen molar-refractivity contribution in [3.05, 3.63) is 72.8 Å². The molecular formula is C30H44O4Si. The number of aliphatic hydroxyl groups is 1. The van der Waals surface area contributed by atoms with E-state index in [-0.39, 0.29) is 11.3 Å². The third-order valence-electron chi connectivity index (χ3n) is 6.69. The molecule has 2 atom stereocenters. The molecule has 1 saturated heterocycles. The molecule has 4 nitrogen and oxygen atoms in total. The Kier molecular flexibility index (Phi) is 11.2. The molecule has 2 aromatic carbocycles. The first-order valence-electron chi connectivity index (χ1n) is 13.2. The van der Waals surface area contributed by atoms with Gasteiger partial charge in [0.05, 0.1) is 12.7 Å². The van der Waals surface area contributed by atoms with Crippen molar-refractivity contribution < 1.29 is 19.0 Å². The first-order chi connectivity index (χ1) is 16.9. The molecule has 5 heteroatoms. The molecule has 1 aliphatic rings. The molecule has 1 fully saturated rings. The van der Waals surface area contributed by atoms with E-state index in [0.717, 1.165) is 51.7 Å². The molecule has 0 radical (unpaired) electrons. The Balaban J connectivity index is 1.47. The van der Waals surface area contributed by atoms with Crippen molar-refractivity contribution in [1.29, 1.82) is 0 Å². The van der Waals surface area contributed by atoms with Gasteiger partial charge < -0.3 is 19.0 Å². The average molecular weight is 497 g/mol. The highest BCUT2D eigenvalue weighted by Crippen LogP contribution is 2.36. The molecule has 1 heterocycles. The lowest BCUT2D eigenvalue weighted by molar-refractivity contribution is -0.174. The lowest BCUT2D eigenvalue weighted by Crippen LogP contribution is -2.66. The monoisotopic (exact) mass is 496 g/mol. The van der Waals surface area contributed by atoms with Gasteiger partial charge in [0, 0.05) is 13.2 Å². The fourth-order valence-corrected chi connectivity index (χ4v) is 9.46. The van der Waals surface area contributed by atoms with E-state index in [0.29, 0.717) is 13.0 Å². The van der Waals surface area contributed by atoms with Gasteiger partial charge in [-0.1, -0.05) is 93.6 Å². The Bertz CT molecular complexity index is 817. The number of rotatable bonds is 13. The van der Waals surface area contributed by atoms with Crippen molar-refractivity contribution in [3.8, 4) is 0 Å². The summed E-state index contributed by atoms with van der Waals surface area (Å²) in [5, 5.41) is 12.8. The zero-order valence-electron chi connectivity index (χ0n) is 21.8. The minimum Gasteiger partial charge on any atom is -0.407 e. The predicted octanol–water partition coefficient (Wildman–Crippen LogP) is 5.58. The van der Waals surface area contributed by atoms with E-state index in [2.05, 4.69) is 93.6 Å². The summed E-state index contributed by atoms with van der Waals surface area (Å²) in [6.45, 7) is 8.80. The molecule has 0 amide bonds. The highest BCUT2D eigenvalue weighted by Gasteiger charge is 2.49. The standard InChI is InChI=1S/C30H44O4Si/c1-30(2,3)35(27-18-10-7-11-19-27,28-20-12-8-13-21-28)34-24-15-6-4-5-9-17-26(31)25-33-29-22-14-16-23-32-29/h5,7-13,18-21,26,29,31H,4,6,14-17,22-25H2,1-3H3/b9-5-/t26-,29?/m0/s1. The summed E-state index contributed by atoms with van der Waals surface area (Å²) in [7, 11) is -2.44. The maximum atomic E-state index is 10.2. The van der Waals surface area contributed by atoms with Crippen LogP contribution in [-0.4, -0.2) is 45.6 Å². The third kappa shape index (κ3) is 8.12. The summed E-state index contributed by atoms with van der Waals surface area (Å²) in [4.78, 5) is 0. The van der Waals surface area contributed by atoms with Crippen LogP contribution in [0.2, 0.25) is 5.04 Å². The molecule has 0 spiro atoms. The van der Waals surface area contributed by atoms with Gasteiger partial charge >= 0.3 is 0 Å². The number of aliphatic hydroxyl groups excluding tert-OH is 1. The van der Waals surface area contributed by atoms with Crippen molar-refractivity contribution in [2.24, 2.45) is 0 Å². The third-order valence-corrected chi connectivity index (χ3v) is 11.7. The van der Waals surface area contributed by atoms with Gasteiger partial charge in [-0.15, -0.1) is 0 Å². The summed E-state index contributed by atoms with van der Waals surface area (Å²) in [5.41, 5.74) is 0. The van der Waals surface area contributed by atoms with E-state index < -0.39 is 14.4 Å². The van der Waals surface area contributed by atoms with E-state index >= 15 is 0 Å². The van der Waals surface area contributed by atoms with Crippen molar-refractivity contribution >= 4 is 18.7 Å². The van der Waals surface area contributed by atoms with Gasteiger partial charge in [0.15, 0.2) is 6.29 Å². The molecule has 0 aromatic heterocycles. The number of allylic oxidation sites excluding steroid dienone is 1. The number of hydrogen-bond donors (Lipinski definition) is 1. The van der Waals surface area contributed by atoms with Crippen molar-refractivity contribution in [2.45, 2.75) is 83.1 Å². The van der Waals surface area contributed by atoms with Crippen LogP contribution >= 0.6 is 0 Å². The molecule has 0 aliphatic carbocycles. The van der Waals surface area contributed by atoms with Gasteiger partial charge in [0.2, 0.25) is 0 Å². The maximum absolute atomic E-state index is 10.2. The largest absolute Gasteiger partial charge is 0.407 e. The lowest BCUT2D eigenvalue weighted by atomic mass is 10.2. The predicted molar refractivity (Wildman–Crippen MR) is 147 cm³/mol. The van der Waals surface area contributed by atoms with Gasteiger partial charge in [0.25, 0.3) is 8.32 Å². The average Bonchev–Trinajstić information content (AvgIpc) is 2.87. The van der Waals surface area contributed by atoms with Gasteiger partial charge in [-0.25, -0.2) is 0 Å².